The van der Waals surface area contributed by atoms with Crippen molar-refractivity contribution >= 4 is 27.7 Å². The van der Waals surface area contributed by atoms with Crippen molar-refractivity contribution in [2.75, 3.05) is 6.54 Å². The molecule has 3 heteroatoms. The van der Waals surface area contributed by atoms with Crippen molar-refractivity contribution in [3.63, 3.8) is 0 Å². The number of halogens is 1. The molecule has 2 rings (SSSR count). The quantitative estimate of drug-likeness (QED) is 0.664. The highest BCUT2D eigenvalue weighted by Crippen LogP contribution is 2.39. The van der Waals surface area contributed by atoms with Gasteiger partial charge in [0.15, 0.2) is 0 Å². The first kappa shape index (κ1) is 16.4. The summed E-state index contributed by atoms with van der Waals surface area (Å²) in [4.78, 5) is 1.41. The van der Waals surface area contributed by atoms with Crippen molar-refractivity contribution in [1.29, 1.82) is 0 Å². The zero-order chi connectivity index (χ0) is 14.4. The lowest BCUT2D eigenvalue weighted by atomic mass is 9.91. The second-order valence-corrected chi connectivity index (χ2v) is 8.15. The molecule has 0 amide bonds. The molecule has 0 aromatic heterocycles. The molecule has 0 saturated heterocycles. The molecule has 1 aliphatic carbocycles. The van der Waals surface area contributed by atoms with Crippen molar-refractivity contribution in [1.82, 2.24) is 5.32 Å². The molecule has 112 valence electrons. The van der Waals surface area contributed by atoms with E-state index in [1.54, 1.807) is 0 Å². The maximum atomic E-state index is 3.75. The molecule has 0 radical (unpaired) electrons. The summed E-state index contributed by atoms with van der Waals surface area (Å²) in [7, 11) is 0. The van der Waals surface area contributed by atoms with Crippen molar-refractivity contribution in [3.8, 4) is 0 Å². The molecular weight excluding hydrogens is 330 g/mol. The largest absolute Gasteiger partial charge is 0.313 e. The number of nitrogens with one attached hydrogen (secondary N) is 1. The molecule has 0 bridgehead atoms. The first-order valence-electron chi connectivity index (χ1n) is 7.84. The van der Waals surface area contributed by atoms with Gasteiger partial charge in [0.1, 0.15) is 0 Å². The summed E-state index contributed by atoms with van der Waals surface area (Å²) in [6.07, 6.45) is 6.75. The second kappa shape index (κ2) is 8.45. The Bertz CT molecular complexity index is 421. The molecule has 1 saturated carbocycles. The summed E-state index contributed by atoms with van der Waals surface area (Å²) in [5.74, 6) is 0.901. The fourth-order valence-corrected chi connectivity index (χ4v) is 4.92. The van der Waals surface area contributed by atoms with E-state index in [4.69, 9.17) is 0 Å². The van der Waals surface area contributed by atoms with E-state index in [9.17, 15) is 0 Å². The minimum absolute atomic E-state index is 0.805. The molecule has 1 aromatic rings. The predicted molar refractivity (Wildman–Crippen MR) is 93.4 cm³/mol. The van der Waals surface area contributed by atoms with Crippen molar-refractivity contribution in [3.05, 3.63) is 28.2 Å². The van der Waals surface area contributed by atoms with Crippen LogP contribution >= 0.6 is 27.7 Å². The van der Waals surface area contributed by atoms with Crippen molar-refractivity contribution in [2.24, 2.45) is 5.92 Å². The fourth-order valence-electron chi connectivity index (χ4n) is 2.82. The zero-order valence-electron chi connectivity index (χ0n) is 12.6. The van der Waals surface area contributed by atoms with Gasteiger partial charge in [-0.25, -0.2) is 0 Å². The van der Waals surface area contributed by atoms with E-state index in [1.165, 1.54) is 47.0 Å². The summed E-state index contributed by atoms with van der Waals surface area (Å²) < 4.78 is 1.26. The average Bonchev–Trinajstić information content (AvgIpc) is 2.42. The second-order valence-electron chi connectivity index (χ2n) is 5.95. The topological polar surface area (TPSA) is 12.0 Å². The molecule has 1 nitrogen and oxygen atoms in total. The highest BCUT2D eigenvalue weighted by Gasteiger charge is 2.20. The van der Waals surface area contributed by atoms with E-state index in [0.717, 1.165) is 24.3 Å². The molecule has 20 heavy (non-hydrogen) atoms. The molecular formula is C17H26BrNS. The number of hydrogen-bond donors (Lipinski definition) is 1. The van der Waals surface area contributed by atoms with Gasteiger partial charge in [0, 0.05) is 21.2 Å². The lowest BCUT2D eigenvalue weighted by Gasteiger charge is -2.26. The van der Waals surface area contributed by atoms with Crippen LogP contribution in [0.4, 0.5) is 0 Å². The Hall–Kier alpha value is 0.01000. The highest BCUT2D eigenvalue weighted by molar-refractivity contribution is 9.10. The van der Waals surface area contributed by atoms with E-state index in [-0.39, 0.29) is 0 Å². The molecule has 0 heterocycles. The van der Waals surface area contributed by atoms with Gasteiger partial charge in [-0.15, -0.1) is 11.8 Å². The number of rotatable bonds is 6. The molecule has 1 fully saturated rings. The smallest absolute Gasteiger partial charge is 0.0314 e. The summed E-state index contributed by atoms with van der Waals surface area (Å²) in [5, 5.41) is 4.26. The van der Waals surface area contributed by atoms with Gasteiger partial charge in [-0.2, -0.15) is 0 Å². The summed E-state index contributed by atoms with van der Waals surface area (Å²) in [6, 6.07) is 6.83. The van der Waals surface area contributed by atoms with Gasteiger partial charge in [-0.1, -0.05) is 32.8 Å². The third-order valence-electron chi connectivity index (χ3n) is 3.93. The SMILES string of the molecule is CCCNCc1ccc(SC2CCCC(C)C2)c(Br)c1. The van der Waals surface area contributed by atoms with Crippen LogP contribution in [-0.2, 0) is 6.54 Å². The van der Waals surface area contributed by atoms with Crippen LogP contribution < -0.4 is 5.32 Å². The fraction of sp³-hybridized carbons (Fsp3) is 0.647. The lowest BCUT2D eigenvalue weighted by molar-refractivity contribution is 0.394. The Balaban J connectivity index is 1.91. The Kier molecular flexibility index (Phi) is 6.92. The van der Waals surface area contributed by atoms with E-state index in [1.807, 2.05) is 0 Å². The van der Waals surface area contributed by atoms with Crippen LogP contribution in [0.25, 0.3) is 0 Å². The third kappa shape index (κ3) is 5.09. The van der Waals surface area contributed by atoms with Crippen LogP contribution in [0, 0.1) is 5.92 Å². The van der Waals surface area contributed by atoms with Crippen LogP contribution in [0.1, 0.15) is 51.5 Å². The van der Waals surface area contributed by atoms with Gasteiger partial charge in [0.25, 0.3) is 0 Å². The Morgan fingerprint density at radius 3 is 2.90 bits per heavy atom. The number of thioether (sulfide) groups is 1. The standard InChI is InChI=1S/C17H26BrNS/c1-3-9-19-12-14-7-8-17(16(18)11-14)20-15-6-4-5-13(2)10-15/h7-8,11,13,15,19H,3-6,9-10,12H2,1-2H3. The molecule has 1 N–H and O–H groups in total. The third-order valence-corrected chi connectivity index (χ3v) is 6.22. The lowest BCUT2D eigenvalue weighted by Crippen LogP contribution is -2.15. The molecule has 2 unspecified atom stereocenters. The van der Waals surface area contributed by atoms with Crippen molar-refractivity contribution in [2.45, 2.75) is 62.6 Å². The van der Waals surface area contributed by atoms with E-state index < -0.39 is 0 Å². The predicted octanol–water partition coefficient (Wildman–Crippen LogP) is 5.62. The molecule has 0 aliphatic heterocycles. The van der Waals surface area contributed by atoms with Crippen molar-refractivity contribution < 1.29 is 0 Å². The van der Waals surface area contributed by atoms with Gasteiger partial charge >= 0.3 is 0 Å². The molecule has 2 atom stereocenters. The van der Waals surface area contributed by atoms with Gasteiger partial charge in [-0.05, 0) is 65.4 Å². The molecule has 0 spiro atoms. The van der Waals surface area contributed by atoms with Gasteiger partial charge < -0.3 is 5.32 Å². The van der Waals surface area contributed by atoms with Gasteiger partial charge in [-0.3, -0.25) is 0 Å². The average molecular weight is 356 g/mol. The normalized spacial score (nSPS) is 22.9. The Labute approximate surface area is 136 Å². The summed E-state index contributed by atoms with van der Waals surface area (Å²) in [5.41, 5.74) is 1.37. The van der Waals surface area contributed by atoms with E-state index in [2.05, 4.69) is 65.1 Å². The number of benzene rings is 1. The van der Waals surface area contributed by atoms with Crippen LogP contribution in [0.5, 0.6) is 0 Å². The maximum absolute atomic E-state index is 3.75. The molecule has 1 aromatic carbocycles. The summed E-state index contributed by atoms with van der Waals surface area (Å²) >= 11 is 5.81. The van der Waals surface area contributed by atoms with Crippen LogP contribution in [0.15, 0.2) is 27.6 Å². The zero-order valence-corrected chi connectivity index (χ0v) is 15.0. The first-order chi connectivity index (χ1) is 9.69. The van der Waals surface area contributed by atoms with Crippen LogP contribution in [0.2, 0.25) is 0 Å². The Morgan fingerprint density at radius 1 is 1.35 bits per heavy atom. The van der Waals surface area contributed by atoms with Crippen LogP contribution in [0.3, 0.4) is 0 Å². The number of hydrogen-bond acceptors (Lipinski definition) is 2. The minimum Gasteiger partial charge on any atom is -0.313 e. The molecule has 1 aliphatic rings. The van der Waals surface area contributed by atoms with E-state index >= 15 is 0 Å². The summed E-state index contributed by atoms with van der Waals surface area (Å²) in [6.45, 7) is 6.66. The highest BCUT2D eigenvalue weighted by atomic mass is 79.9. The van der Waals surface area contributed by atoms with Gasteiger partial charge in [0.05, 0.1) is 0 Å². The Morgan fingerprint density at radius 2 is 2.20 bits per heavy atom. The van der Waals surface area contributed by atoms with Gasteiger partial charge in [0.2, 0.25) is 0 Å². The van der Waals surface area contributed by atoms with Crippen LogP contribution in [-0.4, -0.2) is 11.8 Å². The minimum atomic E-state index is 0.805. The van der Waals surface area contributed by atoms with E-state index in [0.29, 0.717) is 0 Å². The maximum Gasteiger partial charge on any atom is 0.0314 e. The first-order valence-corrected chi connectivity index (χ1v) is 9.52. The monoisotopic (exact) mass is 355 g/mol.